The van der Waals surface area contributed by atoms with Crippen molar-refractivity contribution in [2.24, 2.45) is 0 Å². The van der Waals surface area contributed by atoms with Crippen LogP contribution in [0.25, 0.3) is 10.9 Å². The van der Waals surface area contributed by atoms with Gasteiger partial charge in [-0.05, 0) is 45.4 Å². The number of halogens is 1. The fourth-order valence-corrected chi connectivity index (χ4v) is 2.23. The molecule has 19 heavy (non-hydrogen) atoms. The fraction of sp³-hybridized carbons (Fsp3) is 0.357. The Morgan fingerprint density at radius 3 is 2.63 bits per heavy atom. The van der Waals surface area contributed by atoms with Crippen LogP contribution >= 0.6 is 11.6 Å². The molecule has 4 nitrogen and oxygen atoms in total. The smallest absolute Gasteiger partial charge is 0.419 e. The van der Waals surface area contributed by atoms with Gasteiger partial charge in [0.15, 0.2) is 0 Å². The average molecular weight is 282 g/mol. The van der Waals surface area contributed by atoms with E-state index in [1.54, 1.807) is 46.0 Å². The predicted octanol–water partition coefficient (Wildman–Crippen LogP) is 4.09. The fourth-order valence-electron chi connectivity index (χ4n) is 1.87. The molecule has 0 saturated carbocycles. The quantitative estimate of drug-likeness (QED) is 0.791. The normalized spacial score (nSPS) is 11.8. The monoisotopic (exact) mass is 281 g/mol. The van der Waals surface area contributed by atoms with Gasteiger partial charge in [0.1, 0.15) is 11.4 Å². The molecule has 1 aromatic carbocycles. The third-order valence-corrected chi connectivity index (χ3v) is 2.96. The molecule has 2 aromatic rings. The van der Waals surface area contributed by atoms with E-state index in [9.17, 15) is 9.90 Å². The van der Waals surface area contributed by atoms with E-state index in [2.05, 4.69) is 0 Å². The summed E-state index contributed by atoms with van der Waals surface area (Å²) in [4.78, 5) is 12.1. The molecule has 0 atom stereocenters. The molecule has 0 unspecified atom stereocenters. The Morgan fingerprint density at radius 2 is 2.05 bits per heavy atom. The van der Waals surface area contributed by atoms with Crippen molar-refractivity contribution in [1.82, 2.24) is 4.57 Å². The van der Waals surface area contributed by atoms with Crippen molar-refractivity contribution in [3.05, 3.63) is 28.9 Å². The molecule has 0 spiro atoms. The minimum Gasteiger partial charge on any atom is -0.507 e. The largest absolute Gasteiger partial charge is 0.507 e. The highest BCUT2D eigenvalue weighted by atomic mass is 35.5. The van der Waals surface area contributed by atoms with Crippen molar-refractivity contribution in [1.29, 1.82) is 0 Å². The average Bonchev–Trinajstić information content (AvgIpc) is 2.68. The first-order valence-corrected chi connectivity index (χ1v) is 6.31. The predicted molar refractivity (Wildman–Crippen MR) is 75.0 cm³/mol. The molecule has 0 aliphatic rings. The Labute approximate surface area is 116 Å². The molecular weight excluding hydrogens is 266 g/mol. The molecule has 0 saturated heterocycles. The van der Waals surface area contributed by atoms with Crippen LogP contribution < -0.4 is 0 Å². The lowest BCUT2D eigenvalue weighted by Gasteiger charge is -2.20. The van der Waals surface area contributed by atoms with E-state index in [1.165, 1.54) is 4.57 Å². The van der Waals surface area contributed by atoms with E-state index >= 15 is 0 Å². The number of benzene rings is 1. The van der Waals surface area contributed by atoms with Crippen molar-refractivity contribution in [3.63, 3.8) is 0 Å². The molecule has 5 heteroatoms. The number of phenolic OH excluding ortho intramolecular Hbond substituents is 1. The lowest BCUT2D eigenvalue weighted by molar-refractivity contribution is 0.0544. The molecule has 0 aliphatic heterocycles. The Balaban J connectivity index is 2.58. The van der Waals surface area contributed by atoms with Crippen molar-refractivity contribution < 1.29 is 14.6 Å². The van der Waals surface area contributed by atoms with E-state index in [4.69, 9.17) is 16.3 Å². The van der Waals surface area contributed by atoms with Crippen LogP contribution in [0.15, 0.2) is 18.3 Å². The molecule has 1 heterocycles. The number of rotatable bonds is 0. The molecule has 0 bridgehead atoms. The number of aromatic hydroxyl groups is 1. The SMILES string of the molecule is Cc1cc(Cl)c2c(ccn2C(=O)OC(C)(C)C)c1O. The zero-order valence-electron chi connectivity index (χ0n) is 11.3. The van der Waals surface area contributed by atoms with Gasteiger partial charge in [-0.25, -0.2) is 4.79 Å². The topological polar surface area (TPSA) is 51.5 Å². The van der Waals surface area contributed by atoms with Gasteiger partial charge in [-0.1, -0.05) is 11.6 Å². The van der Waals surface area contributed by atoms with E-state index in [0.717, 1.165) is 0 Å². The van der Waals surface area contributed by atoms with Crippen molar-refractivity contribution in [2.45, 2.75) is 33.3 Å². The first kappa shape index (κ1) is 13.7. The molecule has 1 aromatic heterocycles. The first-order valence-electron chi connectivity index (χ1n) is 5.93. The van der Waals surface area contributed by atoms with Crippen LogP contribution in [0.2, 0.25) is 5.02 Å². The molecule has 0 aliphatic carbocycles. The van der Waals surface area contributed by atoms with Crippen LogP contribution in [0.1, 0.15) is 26.3 Å². The summed E-state index contributed by atoms with van der Waals surface area (Å²) in [5, 5.41) is 10.9. The molecule has 2 rings (SSSR count). The molecule has 1 N–H and O–H groups in total. The first-order chi connectivity index (χ1) is 8.70. The second-order valence-corrected chi connectivity index (χ2v) is 5.86. The summed E-state index contributed by atoms with van der Waals surface area (Å²) in [6.45, 7) is 7.13. The summed E-state index contributed by atoms with van der Waals surface area (Å²) >= 11 is 6.16. The number of aromatic nitrogens is 1. The van der Waals surface area contributed by atoms with Gasteiger partial charge in [0.25, 0.3) is 0 Å². The highest BCUT2D eigenvalue weighted by Gasteiger charge is 2.21. The van der Waals surface area contributed by atoms with Crippen LogP contribution in [0.3, 0.4) is 0 Å². The van der Waals surface area contributed by atoms with Gasteiger partial charge >= 0.3 is 6.09 Å². The lowest BCUT2D eigenvalue weighted by Crippen LogP contribution is -2.26. The van der Waals surface area contributed by atoms with Crippen LogP contribution in [0, 0.1) is 6.92 Å². The molecule has 0 amide bonds. The second kappa shape index (κ2) is 4.46. The number of nitrogens with zero attached hydrogens (tertiary/aromatic N) is 1. The molecule has 102 valence electrons. The summed E-state index contributed by atoms with van der Waals surface area (Å²) in [6, 6.07) is 3.27. The van der Waals surface area contributed by atoms with Gasteiger partial charge in [0, 0.05) is 11.6 Å². The van der Waals surface area contributed by atoms with Crippen LogP contribution in [0.5, 0.6) is 5.75 Å². The highest BCUT2D eigenvalue weighted by molar-refractivity contribution is 6.35. The number of hydrogen-bond donors (Lipinski definition) is 1. The zero-order valence-corrected chi connectivity index (χ0v) is 12.1. The summed E-state index contributed by atoms with van der Waals surface area (Å²) in [6.07, 6.45) is 1.02. The zero-order chi connectivity index (χ0) is 14.4. The third-order valence-electron chi connectivity index (χ3n) is 2.67. The van der Waals surface area contributed by atoms with Gasteiger partial charge in [0.05, 0.1) is 10.5 Å². The van der Waals surface area contributed by atoms with Crippen LogP contribution in [-0.2, 0) is 4.74 Å². The number of fused-ring (bicyclic) bond motifs is 1. The van der Waals surface area contributed by atoms with Crippen LogP contribution in [-0.4, -0.2) is 21.4 Å². The Hall–Kier alpha value is -1.68. The van der Waals surface area contributed by atoms with Crippen molar-refractivity contribution in [3.8, 4) is 5.75 Å². The van der Waals surface area contributed by atoms with Crippen LogP contribution in [0.4, 0.5) is 4.79 Å². The minimum atomic E-state index is -0.590. The van der Waals surface area contributed by atoms with E-state index in [1.807, 2.05) is 0 Å². The number of hydrogen-bond acceptors (Lipinski definition) is 3. The number of ether oxygens (including phenoxy) is 1. The summed E-state index contributed by atoms with van der Waals surface area (Å²) < 4.78 is 6.61. The van der Waals surface area contributed by atoms with Gasteiger partial charge < -0.3 is 9.84 Å². The molecular formula is C14H16ClNO3. The van der Waals surface area contributed by atoms with E-state index in [0.29, 0.717) is 21.5 Å². The summed E-state index contributed by atoms with van der Waals surface area (Å²) in [5.41, 5.74) is 0.533. The van der Waals surface area contributed by atoms with E-state index in [-0.39, 0.29) is 5.75 Å². The lowest BCUT2D eigenvalue weighted by atomic mass is 10.1. The number of aryl methyl sites for hydroxylation is 1. The second-order valence-electron chi connectivity index (χ2n) is 5.45. The van der Waals surface area contributed by atoms with Crippen molar-refractivity contribution in [2.75, 3.05) is 0 Å². The minimum absolute atomic E-state index is 0.127. The Kier molecular flexibility index (Phi) is 3.22. The van der Waals surface area contributed by atoms with Gasteiger partial charge in [-0.2, -0.15) is 0 Å². The maximum Gasteiger partial charge on any atom is 0.419 e. The van der Waals surface area contributed by atoms with E-state index < -0.39 is 11.7 Å². The van der Waals surface area contributed by atoms with Gasteiger partial charge in [0.2, 0.25) is 0 Å². The highest BCUT2D eigenvalue weighted by Crippen LogP contribution is 2.35. The van der Waals surface area contributed by atoms with Gasteiger partial charge in [-0.3, -0.25) is 4.57 Å². The maximum absolute atomic E-state index is 12.1. The number of carbonyl (C=O) groups is 1. The molecule has 0 fully saturated rings. The molecule has 0 radical (unpaired) electrons. The maximum atomic E-state index is 12.1. The van der Waals surface area contributed by atoms with Gasteiger partial charge in [-0.15, -0.1) is 0 Å². The van der Waals surface area contributed by atoms with Crippen molar-refractivity contribution >= 4 is 28.6 Å². The third kappa shape index (κ3) is 2.54. The Morgan fingerprint density at radius 1 is 1.42 bits per heavy atom. The standard InChI is InChI=1S/C14H16ClNO3/c1-8-7-10(15)11-9(12(8)17)5-6-16(11)13(18)19-14(2,3)4/h5-7,17H,1-4H3. The summed E-state index contributed by atoms with van der Waals surface area (Å²) in [5.74, 6) is 0.127. The Bertz CT molecular complexity index is 653. The number of carbonyl (C=O) groups excluding carboxylic acids is 1. The number of phenols is 1. The summed E-state index contributed by atoms with van der Waals surface area (Å²) in [7, 11) is 0.